The van der Waals surface area contributed by atoms with Crippen LogP contribution >= 0.6 is 0 Å². The number of likely N-dealkylation sites (tertiary alicyclic amines) is 1. The molecule has 4 heteroatoms. The Labute approximate surface area is 104 Å². The highest BCUT2D eigenvalue weighted by molar-refractivity contribution is 5.77. The highest BCUT2D eigenvalue weighted by Crippen LogP contribution is 2.11. The lowest BCUT2D eigenvalue weighted by Crippen LogP contribution is -2.39. The molecule has 0 radical (unpaired) electrons. The van der Waals surface area contributed by atoms with Gasteiger partial charge in [-0.05, 0) is 44.6 Å². The zero-order valence-corrected chi connectivity index (χ0v) is 10.6. The fourth-order valence-corrected chi connectivity index (χ4v) is 2.61. The molecule has 1 unspecified atom stereocenters. The number of carbonyl (C=O) groups excluding carboxylic acids is 1. The zero-order valence-electron chi connectivity index (χ0n) is 10.6. The summed E-state index contributed by atoms with van der Waals surface area (Å²) in [5.41, 5.74) is 0. The molecule has 0 bridgehead atoms. The average molecular weight is 240 g/mol. The van der Waals surface area contributed by atoms with Gasteiger partial charge in [0, 0.05) is 19.6 Å². The normalized spacial score (nSPS) is 25.9. The molecule has 2 heterocycles. The summed E-state index contributed by atoms with van der Waals surface area (Å²) in [6.45, 7) is 5.02. The van der Waals surface area contributed by atoms with E-state index in [1.54, 1.807) is 0 Å². The van der Waals surface area contributed by atoms with Gasteiger partial charge in [0.05, 0.1) is 6.61 Å². The summed E-state index contributed by atoms with van der Waals surface area (Å²) >= 11 is 0. The van der Waals surface area contributed by atoms with Crippen LogP contribution in [0.1, 0.15) is 32.1 Å². The molecule has 4 nitrogen and oxygen atoms in total. The fraction of sp³-hybridized carbons (Fsp3) is 0.923. The van der Waals surface area contributed by atoms with E-state index >= 15 is 0 Å². The van der Waals surface area contributed by atoms with Crippen LogP contribution in [0.3, 0.4) is 0 Å². The van der Waals surface area contributed by atoms with Gasteiger partial charge in [-0.15, -0.1) is 0 Å². The number of nitrogens with zero attached hydrogens (tertiary/aromatic N) is 1. The molecule has 2 aliphatic rings. The molecule has 98 valence electrons. The predicted octanol–water partition coefficient (Wildman–Crippen LogP) is 1.02. The molecular weight excluding hydrogens is 216 g/mol. The molecule has 0 aliphatic carbocycles. The van der Waals surface area contributed by atoms with Crippen LogP contribution in [0.15, 0.2) is 0 Å². The second-order valence-corrected chi connectivity index (χ2v) is 5.17. The van der Waals surface area contributed by atoms with Crippen molar-refractivity contribution in [2.75, 3.05) is 39.4 Å². The highest BCUT2D eigenvalue weighted by atomic mass is 16.5. The van der Waals surface area contributed by atoms with Crippen molar-refractivity contribution in [2.24, 2.45) is 5.92 Å². The molecule has 17 heavy (non-hydrogen) atoms. The first-order chi connectivity index (χ1) is 8.36. The lowest BCUT2D eigenvalue weighted by molar-refractivity contribution is -0.137. The fourth-order valence-electron chi connectivity index (χ4n) is 2.61. The lowest BCUT2D eigenvalue weighted by atomic mass is 10.0. The minimum atomic E-state index is 0.175. The Morgan fingerprint density at radius 1 is 1.24 bits per heavy atom. The molecule has 0 aromatic heterocycles. The molecule has 0 aromatic rings. The lowest BCUT2D eigenvalue weighted by Gasteiger charge is -2.27. The molecule has 0 aromatic carbocycles. The summed E-state index contributed by atoms with van der Waals surface area (Å²) in [4.78, 5) is 13.8. The van der Waals surface area contributed by atoms with Gasteiger partial charge < -0.3 is 15.0 Å². The van der Waals surface area contributed by atoms with Gasteiger partial charge >= 0.3 is 0 Å². The summed E-state index contributed by atoms with van der Waals surface area (Å²) in [7, 11) is 0. The van der Waals surface area contributed by atoms with Crippen molar-refractivity contribution in [1.82, 2.24) is 10.2 Å². The van der Waals surface area contributed by atoms with Crippen LogP contribution in [0.4, 0.5) is 0 Å². The van der Waals surface area contributed by atoms with Gasteiger partial charge in [0.25, 0.3) is 0 Å². The quantitative estimate of drug-likeness (QED) is 0.797. The van der Waals surface area contributed by atoms with Crippen molar-refractivity contribution in [2.45, 2.75) is 32.1 Å². The van der Waals surface area contributed by atoms with Gasteiger partial charge in [0.15, 0.2) is 0 Å². The number of rotatable bonds is 4. The summed E-state index contributed by atoms with van der Waals surface area (Å²) in [5.74, 6) is 0.770. The second kappa shape index (κ2) is 6.97. The Hall–Kier alpha value is -0.610. The maximum atomic E-state index is 11.8. The monoisotopic (exact) mass is 240 g/mol. The van der Waals surface area contributed by atoms with Gasteiger partial charge in [-0.2, -0.15) is 0 Å². The Bertz CT molecular complexity index is 234. The number of piperidine rings is 2. The summed E-state index contributed by atoms with van der Waals surface area (Å²) in [5, 5.41) is 3.36. The van der Waals surface area contributed by atoms with E-state index in [-0.39, 0.29) is 12.5 Å². The topological polar surface area (TPSA) is 41.6 Å². The van der Waals surface area contributed by atoms with Crippen molar-refractivity contribution in [3.05, 3.63) is 0 Å². The Kier molecular flexibility index (Phi) is 5.26. The molecule has 1 atom stereocenters. The Morgan fingerprint density at radius 2 is 2.06 bits per heavy atom. The van der Waals surface area contributed by atoms with E-state index in [1.807, 2.05) is 4.90 Å². The minimum absolute atomic E-state index is 0.175. The van der Waals surface area contributed by atoms with Crippen LogP contribution < -0.4 is 5.32 Å². The van der Waals surface area contributed by atoms with E-state index in [0.717, 1.165) is 45.6 Å². The number of nitrogens with one attached hydrogen (secondary N) is 1. The average Bonchev–Trinajstić information content (AvgIpc) is 2.41. The number of amides is 1. The van der Waals surface area contributed by atoms with E-state index in [4.69, 9.17) is 4.74 Å². The van der Waals surface area contributed by atoms with E-state index in [2.05, 4.69) is 5.32 Å². The Balaban J connectivity index is 1.58. The molecular formula is C13H24N2O2. The third kappa shape index (κ3) is 4.28. The van der Waals surface area contributed by atoms with E-state index in [0.29, 0.717) is 5.92 Å². The van der Waals surface area contributed by atoms with Crippen molar-refractivity contribution in [3.8, 4) is 0 Å². The maximum Gasteiger partial charge on any atom is 0.248 e. The summed E-state index contributed by atoms with van der Waals surface area (Å²) in [6.07, 6.45) is 6.02. The van der Waals surface area contributed by atoms with Crippen LogP contribution in [-0.2, 0) is 9.53 Å². The molecule has 0 saturated carbocycles. The molecule has 2 rings (SSSR count). The van der Waals surface area contributed by atoms with Gasteiger partial charge in [-0.3, -0.25) is 4.79 Å². The molecule has 0 spiro atoms. The van der Waals surface area contributed by atoms with Crippen molar-refractivity contribution < 1.29 is 9.53 Å². The zero-order chi connectivity index (χ0) is 11.9. The molecule has 2 saturated heterocycles. The first-order valence-corrected chi connectivity index (χ1v) is 6.92. The number of ether oxygens (including phenoxy) is 1. The highest BCUT2D eigenvalue weighted by Gasteiger charge is 2.18. The van der Waals surface area contributed by atoms with Crippen LogP contribution in [0.5, 0.6) is 0 Å². The summed E-state index contributed by atoms with van der Waals surface area (Å²) in [6, 6.07) is 0. The number of carbonyl (C=O) groups is 1. The number of hydrogen-bond acceptors (Lipinski definition) is 3. The maximum absolute atomic E-state index is 11.8. The van der Waals surface area contributed by atoms with Gasteiger partial charge in [0.2, 0.25) is 5.91 Å². The van der Waals surface area contributed by atoms with Gasteiger partial charge in [-0.1, -0.05) is 0 Å². The van der Waals surface area contributed by atoms with Gasteiger partial charge in [-0.25, -0.2) is 0 Å². The third-order valence-corrected chi connectivity index (χ3v) is 3.69. The smallest absolute Gasteiger partial charge is 0.248 e. The van der Waals surface area contributed by atoms with Gasteiger partial charge in [0.1, 0.15) is 6.61 Å². The van der Waals surface area contributed by atoms with E-state index < -0.39 is 0 Å². The van der Waals surface area contributed by atoms with Crippen LogP contribution in [0.2, 0.25) is 0 Å². The van der Waals surface area contributed by atoms with Crippen molar-refractivity contribution in [1.29, 1.82) is 0 Å². The largest absolute Gasteiger partial charge is 0.371 e. The molecule has 2 fully saturated rings. The first-order valence-electron chi connectivity index (χ1n) is 6.92. The summed E-state index contributed by atoms with van der Waals surface area (Å²) < 4.78 is 5.56. The molecule has 1 N–H and O–H groups in total. The standard InChI is InChI=1S/C13H24N2O2/c16-13(15-7-2-1-3-8-15)11-17-10-12-5-4-6-14-9-12/h12,14H,1-11H2. The van der Waals surface area contributed by atoms with Crippen LogP contribution in [0.25, 0.3) is 0 Å². The van der Waals surface area contributed by atoms with Crippen LogP contribution in [-0.4, -0.2) is 50.2 Å². The predicted molar refractivity (Wildman–Crippen MR) is 66.8 cm³/mol. The van der Waals surface area contributed by atoms with Crippen LogP contribution in [0, 0.1) is 5.92 Å². The van der Waals surface area contributed by atoms with Crippen molar-refractivity contribution in [3.63, 3.8) is 0 Å². The first kappa shape index (κ1) is 12.8. The Morgan fingerprint density at radius 3 is 2.76 bits per heavy atom. The van der Waals surface area contributed by atoms with E-state index in [1.165, 1.54) is 19.3 Å². The minimum Gasteiger partial charge on any atom is -0.371 e. The van der Waals surface area contributed by atoms with Crippen molar-refractivity contribution >= 4 is 5.91 Å². The third-order valence-electron chi connectivity index (χ3n) is 3.69. The molecule has 2 aliphatic heterocycles. The van der Waals surface area contributed by atoms with E-state index in [9.17, 15) is 4.79 Å². The molecule has 1 amide bonds. The second-order valence-electron chi connectivity index (χ2n) is 5.17. The number of hydrogen-bond donors (Lipinski definition) is 1. The SMILES string of the molecule is O=C(COCC1CCCNC1)N1CCCCC1.